The van der Waals surface area contributed by atoms with Crippen LogP contribution in [0.15, 0.2) is 47.6 Å². The molecule has 2 aromatic carbocycles. The maximum absolute atomic E-state index is 12.4. The van der Waals surface area contributed by atoms with Crippen molar-refractivity contribution < 1.29 is 14.3 Å². The molecule has 0 saturated heterocycles. The number of nitrogens with zero attached hydrogens (tertiary/aromatic N) is 3. The van der Waals surface area contributed by atoms with Gasteiger partial charge in [0.05, 0.1) is 19.0 Å². The molecule has 2 aliphatic rings. The number of hydrogen-bond acceptors (Lipinski definition) is 6. The van der Waals surface area contributed by atoms with E-state index in [1.807, 2.05) is 24.3 Å². The molecule has 3 aromatic rings. The smallest absolute Gasteiger partial charge is 0.234 e. The summed E-state index contributed by atoms with van der Waals surface area (Å²) in [4.78, 5) is 12.4. The Morgan fingerprint density at radius 2 is 1.97 bits per heavy atom. The molecule has 31 heavy (non-hydrogen) atoms. The molecule has 0 atom stereocenters. The molecule has 160 valence electrons. The van der Waals surface area contributed by atoms with E-state index in [2.05, 4.69) is 20.1 Å². The third-order valence-electron chi connectivity index (χ3n) is 5.02. The number of rotatable bonds is 6. The Morgan fingerprint density at radius 1 is 1.13 bits per heavy atom. The average molecular weight is 457 g/mol. The maximum Gasteiger partial charge on any atom is 0.234 e. The SMILES string of the molecule is O=C(CSc1nnc(-c2ccc3c(c2)OCCCO3)n1C1CC1)Nc1cccc(Cl)c1. The number of aromatic nitrogens is 3. The molecule has 0 radical (unpaired) electrons. The molecule has 0 spiro atoms. The molecule has 1 saturated carbocycles. The van der Waals surface area contributed by atoms with Crippen LogP contribution in [-0.2, 0) is 4.79 Å². The van der Waals surface area contributed by atoms with Crippen LogP contribution < -0.4 is 14.8 Å². The van der Waals surface area contributed by atoms with Gasteiger partial charge < -0.3 is 14.8 Å². The minimum atomic E-state index is -0.116. The molecule has 9 heteroatoms. The summed E-state index contributed by atoms with van der Waals surface area (Å²) in [5.41, 5.74) is 1.61. The van der Waals surface area contributed by atoms with E-state index in [9.17, 15) is 4.79 Å². The van der Waals surface area contributed by atoms with E-state index in [-0.39, 0.29) is 11.7 Å². The predicted octanol–water partition coefficient (Wildman–Crippen LogP) is 4.83. The van der Waals surface area contributed by atoms with Crippen LogP contribution >= 0.6 is 23.4 Å². The van der Waals surface area contributed by atoms with Crippen LogP contribution in [0.1, 0.15) is 25.3 Å². The molecule has 0 unspecified atom stereocenters. The van der Waals surface area contributed by atoms with E-state index >= 15 is 0 Å². The lowest BCUT2D eigenvalue weighted by Crippen LogP contribution is -2.14. The molecule has 2 heterocycles. The summed E-state index contributed by atoms with van der Waals surface area (Å²) >= 11 is 7.37. The first-order valence-corrected chi connectivity index (χ1v) is 11.6. The zero-order valence-electron chi connectivity index (χ0n) is 16.7. The minimum absolute atomic E-state index is 0.116. The zero-order chi connectivity index (χ0) is 21.2. The first-order valence-electron chi connectivity index (χ1n) is 10.2. The van der Waals surface area contributed by atoms with Gasteiger partial charge in [-0.1, -0.05) is 29.4 Å². The van der Waals surface area contributed by atoms with Crippen molar-refractivity contribution in [2.75, 3.05) is 24.3 Å². The van der Waals surface area contributed by atoms with Crippen molar-refractivity contribution in [3.63, 3.8) is 0 Å². The van der Waals surface area contributed by atoms with Crippen LogP contribution in [0.4, 0.5) is 5.69 Å². The number of carbonyl (C=O) groups is 1. The van der Waals surface area contributed by atoms with E-state index in [0.29, 0.717) is 30.0 Å². The summed E-state index contributed by atoms with van der Waals surface area (Å²) < 4.78 is 13.7. The van der Waals surface area contributed by atoms with Gasteiger partial charge >= 0.3 is 0 Å². The fourth-order valence-electron chi connectivity index (χ4n) is 3.43. The molecular weight excluding hydrogens is 436 g/mol. The molecule has 1 aliphatic heterocycles. The Kier molecular flexibility index (Phi) is 5.74. The topological polar surface area (TPSA) is 78.3 Å². The number of ether oxygens (including phenoxy) is 2. The van der Waals surface area contributed by atoms with Gasteiger partial charge in [-0.3, -0.25) is 9.36 Å². The summed E-state index contributed by atoms with van der Waals surface area (Å²) in [7, 11) is 0. The van der Waals surface area contributed by atoms with Gasteiger partial charge in [0.15, 0.2) is 22.5 Å². The third-order valence-corrected chi connectivity index (χ3v) is 6.20. The largest absolute Gasteiger partial charge is 0.490 e. The van der Waals surface area contributed by atoms with Crippen molar-refractivity contribution >= 4 is 35.0 Å². The predicted molar refractivity (Wildman–Crippen MR) is 120 cm³/mol. The first kappa shape index (κ1) is 20.2. The summed E-state index contributed by atoms with van der Waals surface area (Å²) in [5.74, 6) is 2.39. The molecule has 1 amide bonds. The molecule has 1 fully saturated rings. The van der Waals surface area contributed by atoms with Crippen molar-refractivity contribution in [2.24, 2.45) is 0 Å². The normalized spacial score (nSPS) is 15.4. The van der Waals surface area contributed by atoms with Gasteiger partial charge in [0.25, 0.3) is 0 Å². The van der Waals surface area contributed by atoms with Gasteiger partial charge in [0.2, 0.25) is 5.91 Å². The Balaban J connectivity index is 1.33. The van der Waals surface area contributed by atoms with Crippen LogP contribution in [0.2, 0.25) is 5.02 Å². The zero-order valence-corrected chi connectivity index (χ0v) is 18.3. The van der Waals surface area contributed by atoms with Crippen LogP contribution in [0, 0.1) is 0 Å². The van der Waals surface area contributed by atoms with Crippen LogP contribution in [0.5, 0.6) is 11.5 Å². The highest BCUT2D eigenvalue weighted by Gasteiger charge is 2.30. The summed E-state index contributed by atoms with van der Waals surface area (Å²) in [6.45, 7) is 1.29. The van der Waals surface area contributed by atoms with Crippen molar-refractivity contribution in [3.8, 4) is 22.9 Å². The maximum atomic E-state index is 12.4. The Hall–Kier alpha value is -2.71. The van der Waals surface area contributed by atoms with Gasteiger partial charge in [-0.2, -0.15) is 0 Å². The lowest BCUT2D eigenvalue weighted by atomic mass is 10.2. The van der Waals surface area contributed by atoms with Crippen molar-refractivity contribution in [3.05, 3.63) is 47.5 Å². The van der Waals surface area contributed by atoms with Crippen molar-refractivity contribution in [1.29, 1.82) is 0 Å². The summed E-state index contributed by atoms with van der Waals surface area (Å²) in [6.07, 6.45) is 3.02. The van der Waals surface area contributed by atoms with Gasteiger partial charge in [0, 0.05) is 28.7 Å². The summed E-state index contributed by atoms with van der Waals surface area (Å²) in [6, 6.07) is 13.3. The Morgan fingerprint density at radius 3 is 2.77 bits per heavy atom. The number of hydrogen-bond donors (Lipinski definition) is 1. The monoisotopic (exact) mass is 456 g/mol. The van der Waals surface area contributed by atoms with E-state index < -0.39 is 0 Å². The highest BCUT2D eigenvalue weighted by molar-refractivity contribution is 7.99. The number of anilines is 1. The highest BCUT2D eigenvalue weighted by atomic mass is 35.5. The minimum Gasteiger partial charge on any atom is -0.490 e. The highest BCUT2D eigenvalue weighted by Crippen LogP contribution is 2.42. The van der Waals surface area contributed by atoms with Crippen molar-refractivity contribution in [2.45, 2.75) is 30.5 Å². The number of amides is 1. The van der Waals surface area contributed by atoms with Crippen LogP contribution in [-0.4, -0.2) is 39.6 Å². The quantitative estimate of drug-likeness (QED) is 0.535. The van der Waals surface area contributed by atoms with Crippen LogP contribution in [0.25, 0.3) is 11.4 Å². The van der Waals surface area contributed by atoms with Gasteiger partial charge in [-0.15, -0.1) is 10.2 Å². The van der Waals surface area contributed by atoms with E-state index in [4.69, 9.17) is 21.1 Å². The van der Waals surface area contributed by atoms with Gasteiger partial charge in [-0.05, 0) is 49.2 Å². The second kappa shape index (κ2) is 8.80. The van der Waals surface area contributed by atoms with Crippen LogP contribution in [0.3, 0.4) is 0 Å². The summed E-state index contributed by atoms with van der Waals surface area (Å²) in [5, 5.41) is 13.0. The fraction of sp³-hybridized carbons (Fsp3) is 0.318. The number of thioether (sulfide) groups is 1. The molecule has 7 nitrogen and oxygen atoms in total. The van der Waals surface area contributed by atoms with Crippen molar-refractivity contribution in [1.82, 2.24) is 14.8 Å². The molecule has 1 aromatic heterocycles. The second-order valence-corrected chi connectivity index (χ2v) is 8.85. The van der Waals surface area contributed by atoms with E-state index in [1.54, 1.807) is 18.2 Å². The number of nitrogens with one attached hydrogen (secondary N) is 1. The number of carbonyl (C=O) groups excluding carboxylic acids is 1. The van der Waals surface area contributed by atoms with E-state index in [1.165, 1.54) is 11.8 Å². The third kappa shape index (κ3) is 4.65. The lowest BCUT2D eigenvalue weighted by Gasteiger charge is -2.11. The number of halogens is 1. The standard InChI is InChI=1S/C22H21ClN4O3S/c23-15-3-1-4-16(12-15)24-20(28)13-31-22-26-25-21(27(22)17-6-7-17)14-5-8-18-19(11-14)30-10-2-9-29-18/h1,3-5,8,11-12,17H,2,6-7,9-10,13H2,(H,24,28). The van der Waals surface area contributed by atoms with E-state index in [0.717, 1.165) is 47.3 Å². The molecule has 5 rings (SSSR count). The fourth-order valence-corrected chi connectivity index (χ4v) is 4.43. The molecule has 1 aliphatic carbocycles. The number of benzene rings is 2. The van der Waals surface area contributed by atoms with Gasteiger partial charge in [-0.25, -0.2) is 0 Å². The second-order valence-electron chi connectivity index (χ2n) is 7.47. The number of fused-ring (bicyclic) bond motifs is 1. The Bertz CT molecular complexity index is 1120. The average Bonchev–Trinajstić information content (AvgIpc) is 3.55. The van der Waals surface area contributed by atoms with Gasteiger partial charge in [0.1, 0.15) is 0 Å². The molecule has 0 bridgehead atoms. The Labute approximate surface area is 189 Å². The molecule has 1 N–H and O–H groups in total. The molecular formula is C22H21ClN4O3S. The lowest BCUT2D eigenvalue weighted by molar-refractivity contribution is -0.113. The first-order chi connectivity index (χ1) is 15.2.